The number of aliphatic hydroxyl groups is 1. The van der Waals surface area contributed by atoms with Crippen LogP contribution in [0.3, 0.4) is 0 Å². The molecule has 2 aromatic rings. The van der Waals surface area contributed by atoms with Gasteiger partial charge >= 0.3 is 0 Å². The molecule has 3 nitrogen and oxygen atoms in total. The number of allylic oxidation sites excluding steroid dienone is 3. The maximum Gasteiger partial charge on any atom is 0.123 e. The van der Waals surface area contributed by atoms with Gasteiger partial charge in [0.25, 0.3) is 0 Å². The second kappa shape index (κ2) is 29.0. The monoisotopic (exact) mass is 668 g/mol. The van der Waals surface area contributed by atoms with Gasteiger partial charge in [0.2, 0.25) is 0 Å². The van der Waals surface area contributed by atoms with Crippen LogP contribution in [0, 0.1) is 29.5 Å². The summed E-state index contributed by atoms with van der Waals surface area (Å²) >= 11 is 0. The summed E-state index contributed by atoms with van der Waals surface area (Å²) in [4.78, 5) is 0. The van der Waals surface area contributed by atoms with Gasteiger partial charge in [0, 0.05) is 11.8 Å². The summed E-state index contributed by atoms with van der Waals surface area (Å²) in [6.07, 6.45) is 19.2. The quantitative estimate of drug-likeness (QED) is 0.0948. The predicted molar refractivity (Wildman–Crippen MR) is 214 cm³/mol. The van der Waals surface area contributed by atoms with Crippen molar-refractivity contribution in [1.82, 2.24) is 0 Å². The molecule has 0 spiro atoms. The maximum absolute atomic E-state index is 13.2. The largest absolute Gasteiger partial charge is 0.516 e. The highest BCUT2D eigenvalue weighted by Gasteiger charge is 2.34. The van der Waals surface area contributed by atoms with Gasteiger partial charge in [0.1, 0.15) is 5.82 Å². The number of hydrogen-bond acceptors (Lipinski definition) is 2. The normalized spacial score (nSPS) is 13.7. The number of aryl methyl sites for hydroxylation is 1. The van der Waals surface area contributed by atoms with Crippen LogP contribution in [-0.2, 0) is 0 Å². The van der Waals surface area contributed by atoms with Crippen LogP contribution in [0.4, 0.5) is 4.39 Å². The Hall–Kier alpha value is -2.98. The van der Waals surface area contributed by atoms with Gasteiger partial charge in [-0.15, -0.1) is 0 Å². The van der Waals surface area contributed by atoms with Crippen molar-refractivity contribution >= 4 is 11.8 Å². The molecule has 2 aromatic carbocycles. The van der Waals surface area contributed by atoms with Crippen LogP contribution in [0.5, 0.6) is 0 Å². The summed E-state index contributed by atoms with van der Waals surface area (Å²) in [7, 11) is 0. The smallest absolute Gasteiger partial charge is 0.123 e. The molecule has 0 unspecified atom stereocenters. The summed E-state index contributed by atoms with van der Waals surface area (Å²) in [6.45, 7) is 29.7. The van der Waals surface area contributed by atoms with Crippen molar-refractivity contribution in [3.8, 4) is 0 Å². The third-order valence-corrected chi connectivity index (χ3v) is 8.75. The predicted octanol–water partition coefficient (Wildman–Crippen LogP) is 14.1. The lowest BCUT2D eigenvalue weighted by atomic mass is 9.64. The lowest BCUT2D eigenvalue weighted by molar-refractivity contribution is 0.0938. The number of halogens is 1. The zero-order chi connectivity index (χ0) is 36.4. The molecular weight excluding hydrogens is 593 g/mol. The summed E-state index contributed by atoms with van der Waals surface area (Å²) in [5.41, 5.74) is 7.94. The molecular formula is C44H74FNO2. The Morgan fingerprint density at radius 2 is 1.56 bits per heavy atom. The number of nitrogens with one attached hydrogen (secondary N) is 1. The fourth-order valence-electron chi connectivity index (χ4n) is 5.95. The lowest BCUT2D eigenvalue weighted by Crippen LogP contribution is -2.30. The molecule has 1 aliphatic rings. The minimum absolute atomic E-state index is 0. The van der Waals surface area contributed by atoms with Gasteiger partial charge in [0.05, 0.1) is 6.26 Å². The van der Waals surface area contributed by atoms with E-state index in [2.05, 4.69) is 60.3 Å². The van der Waals surface area contributed by atoms with Crippen LogP contribution in [0.1, 0.15) is 174 Å². The van der Waals surface area contributed by atoms with Crippen LogP contribution >= 0.6 is 0 Å². The molecule has 1 atom stereocenters. The van der Waals surface area contributed by atoms with E-state index in [-0.39, 0.29) is 11.3 Å². The molecule has 48 heavy (non-hydrogen) atoms. The van der Waals surface area contributed by atoms with Gasteiger partial charge in [-0.3, -0.25) is 0 Å². The molecule has 0 aromatic heterocycles. The summed E-state index contributed by atoms with van der Waals surface area (Å²) in [5, 5.41) is 16.1. The zero-order valence-electron chi connectivity index (χ0n) is 33.0. The SMILES string of the molecule is C/C=C(C)/C=C/O.C=C(c1ccc(F)cc1)c1cc(C)c([C@H](CC)CCCCCCC)cc1C=N.CC.CC.CCC1CC(C)(C)C1.O. The number of aliphatic hydroxyl groups excluding tert-OH is 1. The minimum Gasteiger partial charge on any atom is -0.516 e. The van der Waals surface area contributed by atoms with Crippen LogP contribution in [0.15, 0.2) is 67.0 Å². The van der Waals surface area contributed by atoms with Crippen LogP contribution in [0.25, 0.3) is 5.57 Å². The van der Waals surface area contributed by atoms with E-state index in [9.17, 15) is 4.39 Å². The first-order chi connectivity index (χ1) is 22.5. The molecule has 0 amide bonds. The van der Waals surface area contributed by atoms with Crippen molar-refractivity contribution in [2.45, 2.75) is 153 Å². The zero-order valence-corrected chi connectivity index (χ0v) is 33.0. The highest BCUT2D eigenvalue weighted by Crippen LogP contribution is 2.46. The Labute approximate surface area is 296 Å². The van der Waals surface area contributed by atoms with E-state index in [1.165, 1.54) is 87.3 Å². The van der Waals surface area contributed by atoms with E-state index in [0.29, 0.717) is 11.3 Å². The van der Waals surface area contributed by atoms with Crippen molar-refractivity contribution < 1.29 is 15.0 Å². The molecule has 0 saturated heterocycles. The molecule has 0 bridgehead atoms. The van der Waals surface area contributed by atoms with E-state index >= 15 is 0 Å². The molecule has 1 fully saturated rings. The van der Waals surface area contributed by atoms with E-state index in [1.54, 1.807) is 18.2 Å². The van der Waals surface area contributed by atoms with Gasteiger partial charge < -0.3 is 16.0 Å². The minimum atomic E-state index is -0.250. The van der Waals surface area contributed by atoms with E-state index < -0.39 is 0 Å². The maximum atomic E-state index is 13.2. The van der Waals surface area contributed by atoms with E-state index in [0.717, 1.165) is 46.4 Å². The van der Waals surface area contributed by atoms with Gasteiger partial charge in [-0.2, -0.15) is 0 Å². The van der Waals surface area contributed by atoms with Gasteiger partial charge in [0.15, 0.2) is 0 Å². The van der Waals surface area contributed by atoms with Crippen molar-refractivity contribution in [3.05, 3.63) is 101 Å². The fraction of sp³-hybridized carbons (Fsp3) is 0.568. The van der Waals surface area contributed by atoms with Gasteiger partial charge in [-0.05, 0) is 116 Å². The third-order valence-electron chi connectivity index (χ3n) is 8.75. The Morgan fingerprint density at radius 3 is 1.96 bits per heavy atom. The molecule has 0 radical (unpaired) electrons. The van der Waals surface area contributed by atoms with Crippen molar-refractivity contribution in [3.63, 3.8) is 0 Å². The molecule has 1 saturated carbocycles. The Bertz CT molecular complexity index is 1170. The van der Waals surface area contributed by atoms with E-state index in [4.69, 9.17) is 10.5 Å². The number of hydrogen-bond donors (Lipinski definition) is 2. The molecule has 0 heterocycles. The van der Waals surface area contributed by atoms with Gasteiger partial charge in [-0.1, -0.05) is 137 Å². The second-order valence-electron chi connectivity index (χ2n) is 12.9. The highest BCUT2D eigenvalue weighted by molar-refractivity contribution is 5.91. The standard InChI is InChI=1S/C26H34FN.C8H16.C6H10O.2C2H6.H2O/c1-5-7-8-9-10-11-21(6-2)25-17-23(18-28)26(16-19(25)3)20(4)22-12-14-24(27)15-13-22;1-4-7-5-8(2,3)6-7;1-3-6(2)4-5-7;2*1-2;/h12-18,21,28H,4-11H2,1-3H3;7H,4-6H2,1-3H3;3-5,7H,1-2H3;2*1-2H3;1H2/b;;5-4+,6-3+;;;/t21-;;;;;/m1...../s1. The Kier molecular flexibility index (Phi) is 29.8. The molecule has 4 heteroatoms. The molecule has 3 rings (SSSR count). The average molecular weight is 668 g/mol. The first-order valence-electron chi connectivity index (χ1n) is 18.5. The second-order valence-corrected chi connectivity index (χ2v) is 12.9. The van der Waals surface area contributed by atoms with Crippen molar-refractivity contribution in [1.29, 1.82) is 5.41 Å². The topological polar surface area (TPSA) is 75.6 Å². The number of unbranched alkanes of at least 4 members (excludes halogenated alkanes) is 4. The van der Waals surface area contributed by atoms with Crippen molar-refractivity contribution in [2.75, 3.05) is 0 Å². The van der Waals surface area contributed by atoms with E-state index in [1.807, 2.05) is 47.6 Å². The lowest BCUT2D eigenvalue weighted by Gasteiger charge is -2.42. The van der Waals surface area contributed by atoms with Crippen LogP contribution in [0.2, 0.25) is 0 Å². The average Bonchev–Trinajstić information content (AvgIpc) is 3.08. The Balaban J connectivity index is -0.000000828. The first-order valence-corrected chi connectivity index (χ1v) is 18.5. The third kappa shape index (κ3) is 19.1. The number of rotatable bonds is 13. The molecule has 0 aliphatic heterocycles. The van der Waals surface area contributed by atoms with Gasteiger partial charge in [-0.25, -0.2) is 4.39 Å². The summed E-state index contributed by atoms with van der Waals surface area (Å²) in [6, 6.07) is 10.7. The first kappa shape index (κ1) is 49.4. The number of benzene rings is 2. The van der Waals surface area contributed by atoms with Crippen molar-refractivity contribution in [2.24, 2.45) is 11.3 Å². The fourth-order valence-corrected chi connectivity index (χ4v) is 5.95. The molecule has 1 aliphatic carbocycles. The molecule has 4 N–H and O–H groups in total. The summed E-state index contributed by atoms with van der Waals surface area (Å²) in [5.74, 6) is 1.35. The van der Waals surface area contributed by atoms with Crippen LogP contribution < -0.4 is 0 Å². The Morgan fingerprint density at radius 1 is 1.00 bits per heavy atom. The highest BCUT2D eigenvalue weighted by atomic mass is 19.1. The van der Waals surface area contributed by atoms with Crippen LogP contribution in [-0.4, -0.2) is 16.8 Å². The molecule has 274 valence electrons. The summed E-state index contributed by atoms with van der Waals surface area (Å²) < 4.78 is 13.2.